The third kappa shape index (κ3) is 4.52. The standard InChI is InChI=1S/C46H32O3P2/c47-50(35-13-5-1-6-14-35,36-15-7-2-8-16-36)39-27-32-23-21-31-22-24-34-29-40(51(48,37-17-9-3-10-18-37)38-19-11-4-12-20-38)30-42-44(34)45(31)46-41(49-42)26-25-33(28-39)43(32)46/h1-20,22,24-30H,21,23H2. The van der Waals surface area contributed by atoms with E-state index in [1.165, 1.54) is 16.7 Å². The molecule has 0 fully saturated rings. The highest BCUT2D eigenvalue weighted by Crippen LogP contribution is 2.55. The lowest BCUT2D eigenvalue weighted by Gasteiger charge is -2.27. The summed E-state index contributed by atoms with van der Waals surface area (Å²) in [6, 6.07) is 56.4. The average Bonchev–Trinajstić information content (AvgIpc) is 3.38. The van der Waals surface area contributed by atoms with Crippen LogP contribution < -0.4 is 36.6 Å². The molecule has 1 aliphatic carbocycles. The molecular weight excluding hydrogens is 662 g/mol. The molecule has 3 nitrogen and oxygen atoms in total. The van der Waals surface area contributed by atoms with Gasteiger partial charge in [-0.25, -0.2) is 0 Å². The molecule has 0 N–H and O–H groups in total. The Hall–Kier alpha value is -5.46. The first kappa shape index (κ1) is 30.4. The van der Waals surface area contributed by atoms with Gasteiger partial charge in [-0.15, -0.1) is 0 Å². The van der Waals surface area contributed by atoms with Crippen molar-refractivity contribution in [3.63, 3.8) is 0 Å². The molecule has 0 amide bonds. The molecule has 5 heteroatoms. The first-order valence-corrected chi connectivity index (χ1v) is 20.8. The maximum Gasteiger partial charge on any atom is 0.171 e. The summed E-state index contributed by atoms with van der Waals surface area (Å²) < 4.78 is 37.7. The molecule has 0 saturated heterocycles. The number of hydrogen-bond acceptors (Lipinski definition) is 3. The highest BCUT2D eigenvalue weighted by molar-refractivity contribution is 7.85. The third-order valence-electron chi connectivity index (χ3n) is 10.6. The minimum Gasteiger partial charge on any atom is -0.456 e. The largest absolute Gasteiger partial charge is 0.456 e. The zero-order valence-electron chi connectivity index (χ0n) is 27.7. The Labute approximate surface area is 296 Å². The number of ether oxygens (including phenoxy) is 1. The molecule has 0 unspecified atom stereocenters. The second-order valence-electron chi connectivity index (χ2n) is 13.4. The molecule has 1 heterocycles. The summed E-state index contributed by atoms with van der Waals surface area (Å²) in [5.41, 5.74) is 4.72. The van der Waals surface area contributed by atoms with E-state index in [0.717, 1.165) is 83.3 Å². The summed E-state index contributed by atoms with van der Waals surface area (Å²) in [4.78, 5) is 0. The highest BCUT2D eigenvalue weighted by Gasteiger charge is 2.35. The monoisotopic (exact) mass is 694 g/mol. The zero-order chi connectivity index (χ0) is 34.2. The van der Waals surface area contributed by atoms with E-state index < -0.39 is 14.3 Å². The van der Waals surface area contributed by atoms with Gasteiger partial charge in [-0.1, -0.05) is 140 Å². The highest BCUT2D eigenvalue weighted by atomic mass is 31.2. The predicted octanol–water partition coefficient (Wildman–Crippen LogP) is 9.14. The minimum absolute atomic E-state index is 0.732. The molecule has 244 valence electrons. The van der Waals surface area contributed by atoms with Gasteiger partial charge in [0, 0.05) is 48.3 Å². The fourth-order valence-electron chi connectivity index (χ4n) is 8.28. The quantitative estimate of drug-likeness (QED) is 0.163. The van der Waals surface area contributed by atoms with Gasteiger partial charge >= 0.3 is 0 Å². The first-order chi connectivity index (χ1) is 25.0. The summed E-state index contributed by atoms with van der Waals surface area (Å²) in [6.45, 7) is 0. The number of aryl methyl sites for hydroxylation is 2. The van der Waals surface area contributed by atoms with Crippen molar-refractivity contribution in [3.8, 4) is 22.6 Å². The normalized spacial score (nSPS) is 13.3. The fourth-order valence-corrected chi connectivity index (χ4v) is 13.7. The molecule has 51 heavy (non-hydrogen) atoms. The van der Waals surface area contributed by atoms with E-state index in [-0.39, 0.29) is 0 Å². The summed E-state index contributed by atoms with van der Waals surface area (Å²) in [7, 11) is -6.39. The van der Waals surface area contributed by atoms with E-state index in [2.05, 4.69) is 42.5 Å². The van der Waals surface area contributed by atoms with Crippen LogP contribution in [-0.4, -0.2) is 0 Å². The van der Waals surface area contributed by atoms with Gasteiger partial charge in [0.2, 0.25) is 0 Å². The van der Waals surface area contributed by atoms with Crippen molar-refractivity contribution in [1.29, 1.82) is 0 Å². The smallest absolute Gasteiger partial charge is 0.171 e. The zero-order valence-corrected chi connectivity index (χ0v) is 29.5. The molecule has 8 aromatic carbocycles. The van der Waals surface area contributed by atoms with Gasteiger partial charge < -0.3 is 13.9 Å². The Balaban J connectivity index is 1.20. The minimum atomic E-state index is -3.22. The molecule has 0 saturated carbocycles. The van der Waals surface area contributed by atoms with E-state index in [9.17, 15) is 0 Å². The first-order valence-electron chi connectivity index (χ1n) is 17.3. The molecule has 10 rings (SSSR count). The van der Waals surface area contributed by atoms with Crippen molar-refractivity contribution in [2.75, 3.05) is 0 Å². The second kappa shape index (κ2) is 11.5. The third-order valence-corrected chi connectivity index (χ3v) is 16.7. The Bertz CT molecular complexity index is 2670. The summed E-state index contributed by atoms with van der Waals surface area (Å²) in [6.07, 6.45) is 1.65. The van der Waals surface area contributed by atoms with Gasteiger partial charge in [0.15, 0.2) is 14.3 Å². The van der Waals surface area contributed by atoms with Crippen LogP contribution in [0, 0.1) is 0 Å². The SMILES string of the molecule is O=P(c1ccccc1)(c1ccccc1)c1cc2c3c4c(ccc3c1)Oc1cc(P(=O)(c3ccccc3)c3ccccc3)cc3ccc(c-4c13)CC2. The van der Waals surface area contributed by atoms with E-state index >= 15 is 9.13 Å². The number of rotatable bonds is 6. The van der Waals surface area contributed by atoms with Crippen molar-refractivity contribution in [2.45, 2.75) is 12.8 Å². The van der Waals surface area contributed by atoms with E-state index in [4.69, 9.17) is 4.74 Å². The Morgan fingerprint density at radius 1 is 0.373 bits per heavy atom. The molecule has 0 radical (unpaired) electrons. The number of benzene rings is 8. The van der Waals surface area contributed by atoms with E-state index in [1.54, 1.807) is 0 Å². The van der Waals surface area contributed by atoms with Crippen LogP contribution in [0.1, 0.15) is 11.1 Å². The lowest BCUT2D eigenvalue weighted by molar-refractivity contribution is 0.488. The topological polar surface area (TPSA) is 43.4 Å². The summed E-state index contributed by atoms with van der Waals surface area (Å²) >= 11 is 0. The second-order valence-corrected chi connectivity index (χ2v) is 19.0. The van der Waals surface area contributed by atoms with Gasteiger partial charge in [-0.3, -0.25) is 0 Å². The van der Waals surface area contributed by atoms with Gasteiger partial charge in [-0.05, 0) is 70.5 Å². The Morgan fingerprint density at radius 2 is 0.824 bits per heavy atom. The lowest BCUT2D eigenvalue weighted by atomic mass is 9.88. The van der Waals surface area contributed by atoms with E-state index in [1.807, 2.05) is 127 Å². The summed E-state index contributed by atoms with van der Waals surface area (Å²) in [5.74, 6) is 1.52. The van der Waals surface area contributed by atoms with Gasteiger partial charge in [0.25, 0.3) is 0 Å². The van der Waals surface area contributed by atoms with E-state index in [0.29, 0.717) is 0 Å². The molecule has 0 bridgehead atoms. The van der Waals surface area contributed by atoms with Crippen LogP contribution in [0.2, 0.25) is 0 Å². The maximum absolute atomic E-state index is 15.5. The van der Waals surface area contributed by atoms with Gasteiger partial charge in [-0.2, -0.15) is 0 Å². The molecule has 0 aromatic heterocycles. The van der Waals surface area contributed by atoms with Crippen LogP contribution >= 0.6 is 14.3 Å². The van der Waals surface area contributed by atoms with Gasteiger partial charge in [0.1, 0.15) is 11.5 Å². The summed E-state index contributed by atoms with van der Waals surface area (Å²) in [5, 5.41) is 9.12. The molecule has 0 atom stereocenters. The van der Waals surface area contributed by atoms with Crippen LogP contribution in [0.4, 0.5) is 0 Å². The molecular formula is C46H32O3P2. The van der Waals surface area contributed by atoms with Crippen molar-refractivity contribution in [3.05, 3.63) is 181 Å². The Morgan fingerprint density at radius 3 is 1.35 bits per heavy atom. The van der Waals surface area contributed by atoms with Crippen LogP contribution in [0.15, 0.2) is 170 Å². The molecule has 8 aromatic rings. The van der Waals surface area contributed by atoms with Crippen molar-refractivity contribution in [2.24, 2.45) is 0 Å². The molecule has 0 spiro atoms. The van der Waals surface area contributed by atoms with Gasteiger partial charge in [0.05, 0.1) is 0 Å². The van der Waals surface area contributed by atoms with Crippen LogP contribution in [-0.2, 0) is 22.0 Å². The maximum atomic E-state index is 15.5. The van der Waals surface area contributed by atoms with Crippen LogP contribution in [0.3, 0.4) is 0 Å². The van der Waals surface area contributed by atoms with Crippen molar-refractivity contribution < 1.29 is 13.9 Å². The van der Waals surface area contributed by atoms with Crippen molar-refractivity contribution >= 4 is 67.7 Å². The number of hydrogen-bond donors (Lipinski definition) is 0. The van der Waals surface area contributed by atoms with Crippen LogP contribution in [0.25, 0.3) is 32.7 Å². The van der Waals surface area contributed by atoms with Crippen LogP contribution in [0.5, 0.6) is 11.5 Å². The predicted molar refractivity (Wildman–Crippen MR) is 213 cm³/mol. The molecule has 2 aliphatic rings. The lowest BCUT2D eigenvalue weighted by Crippen LogP contribution is -2.25. The average molecular weight is 695 g/mol. The fraction of sp³-hybridized carbons (Fsp3) is 0.0435. The Kier molecular flexibility index (Phi) is 6.87. The molecule has 1 aliphatic heterocycles. The van der Waals surface area contributed by atoms with Crippen molar-refractivity contribution in [1.82, 2.24) is 0 Å².